The standard InChI is InChI=1S/C29H39N5O2/c1-36-26-14-8-22(9-15-26)20-25-21-27(32-31-25)23-10-12-24(13-11-23)30-28(33-16-4-2-5-17-33)29(35)34-18-6-3-7-19-34/h8-15,25,28,30-31H,2-7,16-21H2,1H3. The lowest BCUT2D eigenvalue weighted by Crippen LogP contribution is -2.55. The van der Waals surface area contributed by atoms with Gasteiger partial charge in [-0.15, -0.1) is 0 Å². The Morgan fingerprint density at radius 1 is 0.972 bits per heavy atom. The Morgan fingerprint density at radius 2 is 1.64 bits per heavy atom. The van der Waals surface area contributed by atoms with E-state index in [9.17, 15) is 4.79 Å². The number of carbonyl (C=O) groups is 1. The number of anilines is 1. The number of methoxy groups -OCH3 is 1. The smallest absolute Gasteiger partial charge is 0.260 e. The van der Waals surface area contributed by atoms with Crippen molar-refractivity contribution in [1.82, 2.24) is 15.2 Å². The molecular weight excluding hydrogens is 450 g/mol. The first-order valence-corrected chi connectivity index (χ1v) is 13.5. The van der Waals surface area contributed by atoms with Crippen molar-refractivity contribution in [2.75, 3.05) is 38.6 Å². The van der Waals surface area contributed by atoms with Gasteiger partial charge in [0.15, 0.2) is 6.17 Å². The molecule has 3 aliphatic heterocycles. The molecule has 2 fully saturated rings. The van der Waals surface area contributed by atoms with Crippen molar-refractivity contribution in [2.24, 2.45) is 5.10 Å². The molecule has 0 saturated carbocycles. The number of ether oxygens (including phenoxy) is 1. The van der Waals surface area contributed by atoms with Crippen molar-refractivity contribution in [3.63, 3.8) is 0 Å². The Labute approximate surface area is 214 Å². The number of benzene rings is 2. The second kappa shape index (κ2) is 11.8. The SMILES string of the molecule is COc1ccc(CC2CC(c3ccc(NC(C(=O)N4CCCCC4)N4CCCCC4)cc3)=NN2)cc1. The first kappa shape index (κ1) is 24.6. The summed E-state index contributed by atoms with van der Waals surface area (Å²) in [5.41, 5.74) is 7.77. The van der Waals surface area contributed by atoms with Gasteiger partial charge in [0, 0.05) is 38.3 Å². The van der Waals surface area contributed by atoms with Crippen LogP contribution in [-0.4, -0.2) is 66.9 Å². The second-order valence-corrected chi connectivity index (χ2v) is 10.2. The van der Waals surface area contributed by atoms with Crippen LogP contribution in [0.4, 0.5) is 5.69 Å². The van der Waals surface area contributed by atoms with Gasteiger partial charge in [-0.05, 0) is 73.9 Å². The minimum Gasteiger partial charge on any atom is -0.497 e. The topological polar surface area (TPSA) is 69.2 Å². The van der Waals surface area contributed by atoms with Gasteiger partial charge in [0.2, 0.25) is 0 Å². The van der Waals surface area contributed by atoms with E-state index in [1.807, 2.05) is 12.1 Å². The maximum absolute atomic E-state index is 13.5. The molecular formula is C29H39N5O2. The molecule has 36 heavy (non-hydrogen) atoms. The number of hydrogen-bond donors (Lipinski definition) is 2. The summed E-state index contributed by atoms with van der Waals surface area (Å²) >= 11 is 0. The molecule has 0 aliphatic carbocycles. The molecule has 2 unspecified atom stereocenters. The highest BCUT2D eigenvalue weighted by Gasteiger charge is 2.31. The van der Waals surface area contributed by atoms with E-state index in [-0.39, 0.29) is 18.1 Å². The largest absolute Gasteiger partial charge is 0.497 e. The summed E-state index contributed by atoms with van der Waals surface area (Å²) in [5.74, 6) is 1.11. The quantitative estimate of drug-likeness (QED) is 0.581. The molecule has 0 spiro atoms. The Morgan fingerprint density at radius 3 is 2.31 bits per heavy atom. The van der Waals surface area contributed by atoms with E-state index in [1.165, 1.54) is 18.4 Å². The maximum Gasteiger partial charge on any atom is 0.260 e. The molecule has 7 nitrogen and oxygen atoms in total. The number of nitrogens with one attached hydrogen (secondary N) is 2. The summed E-state index contributed by atoms with van der Waals surface area (Å²) in [4.78, 5) is 17.9. The summed E-state index contributed by atoms with van der Waals surface area (Å²) in [6, 6.07) is 17.0. The molecule has 1 amide bonds. The summed E-state index contributed by atoms with van der Waals surface area (Å²) < 4.78 is 5.26. The molecule has 192 valence electrons. The Hall–Kier alpha value is -3.06. The van der Waals surface area contributed by atoms with Crippen LogP contribution in [0.25, 0.3) is 0 Å². The van der Waals surface area contributed by atoms with Crippen molar-refractivity contribution in [2.45, 2.75) is 63.6 Å². The number of piperidine rings is 2. The van der Waals surface area contributed by atoms with Gasteiger partial charge in [-0.2, -0.15) is 5.10 Å². The zero-order valence-corrected chi connectivity index (χ0v) is 21.4. The van der Waals surface area contributed by atoms with Gasteiger partial charge in [0.1, 0.15) is 5.75 Å². The molecule has 7 heteroatoms. The van der Waals surface area contributed by atoms with Crippen LogP contribution >= 0.6 is 0 Å². The molecule has 0 radical (unpaired) electrons. The van der Waals surface area contributed by atoms with Crippen molar-refractivity contribution in [3.05, 3.63) is 59.7 Å². The van der Waals surface area contributed by atoms with E-state index < -0.39 is 0 Å². The number of hydrazone groups is 1. The molecule has 0 bridgehead atoms. The lowest BCUT2D eigenvalue weighted by atomic mass is 9.99. The average Bonchev–Trinajstić information content (AvgIpc) is 3.41. The van der Waals surface area contributed by atoms with Crippen LogP contribution in [0.2, 0.25) is 0 Å². The Kier molecular flexibility index (Phi) is 8.06. The zero-order chi connectivity index (χ0) is 24.7. The molecule has 3 heterocycles. The van der Waals surface area contributed by atoms with Crippen LogP contribution in [0, 0.1) is 0 Å². The van der Waals surface area contributed by atoms with Gasteiger partial charge in [-0.3, -0.25) is 9.69 Å². The monoisotopic (exact) mass is 489 g/mol. The third kappa shape index (κ3) is 6.01. The molecule has 0 aromatic heterocycles. The van der Waals surface area contributed by atoms with Gasteiger partial charge in [-0.1, -0.05) is 30.7 Å². The van der Waals surface area contributed by atoms with Crippen LogP contribution in [0.5, 0.6) is 5.75 Å². The van der Waals surface area contributed by atoms with Crippen LogP contribution in [0.3, 0.4) is 0 Å². The van der Waals surface area contributed by atoms with Crippen molar-refractivity contribution in [3.8, 4) is 5.75 Å². The van der Waals surface area contributed by atoms with E-state index in [1.54, 1.807) is 7.11 Å². The van der Waals surface area contributed by atoms with Gasteiger partial charge in [0.25, 0.3) is 5.91 Å². The van der Waals surface area contributed by atoms with Crippen LogP contribution in [-0.2, 0) is 11.2 Å². The molecule has 2 N–H and O–H groups in total. The fraction of sp³-hybridized carbons (Fsp3) is 0.517. The summed E-state index contributed by atoms with van der Waals surface area (Å²) in [7, 11) is 1.69. The zero-order valence-electron chi connectivity index (χ0n) is 21.4. The number of nitrogens with zero attached hydrogens (tertiary/aromatic N) is 3. The molecule has 2 aromatic rings. The second-order valence-electron chi connectivity index (χ2n) is 10.2. The van der Waals surface area contributed by atoms with E-state index in [0.717, 1.165) is 87.4 Å². The summed E-state index contributed by atoms with van der Waals surface area (Å²) in [5, 5.41) is 8.21. The summed E-state index contributed by atoms with van der Waals surface area (Å²) in [6.45, 7) is 3.73. The predicted molar refractivity (Wildman–Crippen MR) is 144 cm³/mol. The minimum atomic E-state index is -0.284. The molecule has 2 saturated heterocycles. The number of carbonyl (C=O) groups excluding carboxylic acids is 1. The Bertz CT molecular complexity index is 1020. The lowest BCUT2D eigenvalue weighted by molar-refractivity contribution is -0.137. The fourth-order valence-electron chi connectivity index (χ4n) is 5.53. The highest BCUT2D eigenvalue weighted by atomic mass is 16.5. The van der Waals surface area contributed by atoms with Gasteiger partial charge in [0.05, 0.1) is 18.9 Å². The maximum atomic E-state index is 13.5. The van der Waals surface area contributed by atoms with Gasteiger partial charge >= 0.3 is 0 Å². The molecule has 2 aromatic carbocycles. The van der Waals surface area contributed by atoms with E-state index in [2.05, 4.69) is 62.0 Å². The van der Waals surface area contributed by atoms with Crippen LogP contribution in [0.15, 0.2) is 53.6 Å². The first-order valence-electron chi connectivity index (χ1n) is 13.5. The van der Waals surface area contributed by atoms with E-state index in [0.29, 0.717) is 0 Å². The highest BCUT2D eigenvalue weighted by Crippen LogP contribution is 2.22. The van der Waals surface area contributed by atoms with Gasteiger partial charge in [-0.25, -0.2) is 0 Å². The third-order valence-corrected chi connectivity index (χ3v) is 7.64. The fourth-order valence-corrected chi connectivity index (χ4v) is 5.53. The van der Waals surface area contributed by atoms with Crippen molar-refractivity contribution in [1.29, 1.82) is 0 Å². The lowest BCUT2D eigenvalue weighted by Gasteiger charge is -2.38. The minimum absolute atomic E-state index is 0.228. The average molecular weight is 490 g/mol. The normalized spacial score (nSPS) is 21.4. The number of amides is 1. The predicted octanol–water partition coefficient (Wildman–Crippen LogP) is 4.24. The molecule has 5 rings (SSSR count). The van der Waals surface area contributed by atoms with Crippen LogP contribution < -0.4 is 15.5 Å². The molecule has 2 atom stereocenters. The van der Waals surface area contributed by atoms with Crippen molar-refractivity contribution < 1.29 is 9.53 Å². The Balaban J connectivity index is 1.21. The van der Waals surface area contributed by atoms with E-state index in [4.69, 9.17) is 4.74 Å². The number of rotatable bonds is 8. The van der Waals surface area contributed by atoms with Crippen molar-refractivity contribution >= 4 is 17.3 Å². The summed E-state index contributed by atoms with van der Waals surface area (Å²) in [6.07, 6.45) is 8.57. The number of likely N-dealkylation sites (tertiary alicyclic amines) is 2. The van der Waals surface area contributed by atoms with E-state index >= 15 is 0 Å². The first-order chi connectivity index (χ1) is 17.7. The highest BCUT2D eigenvalue weighted by molar-refractivity contribution is 6.02. The van der Waals surface area contributed by atoms with Gasteiger partial charge < -0.3 is 20.4 Å². The molecule has 3 aliphatic rings. The van der Waals surface area contributed by atoms with Crippen LogP contribution in [0.1, 0.15) is 56.1 Å². The third-order valence-electron chi connectivity index (χ3n) is 7.64. The number of hydrogen-bond acceptors (Lipinski definition) is 6.